The molecule has 0 saturated heterocycles. The Hall–Kier alpha value is -1.00. The summed E-state index contributed by atoms with van der Waals surface area (Å²) in [4.78, 5) is 2.46. The highest BCUT2D eigenvalue weighted by molar-refractivity contribution is 7.99. The van der Waals surface area contributed by atoms with Gasteiger partial charge >= 0.3 is 0 Å². The van der Waals surface area contributed by atoms with E-state index >= 15 is 0 Å². The predicted molar refractivity (Wildman–Crippen MR) is 85.6 cm³/mol. The molecule has 0 aliphatic rings. The molecule has 0 saturated carbocycles. The lowest BCUT2D eigenvalue weighted by atomic mass is 10.2. The molecule has 20 heavy (non-hydrogen) atoms. The largest absolute Gasteiger partial charge is 0.383 e. The smallest absolute Gasteiger partial charge is 0.0587 e. The van der Waals surface area contributed by atoms with Gasteiger partial charge in [0.05, 0.1) is 6.61 Å². The van der Waals surface area contributed by atoms with Crippen LogP contribution in [0, 0.1) is 0 Å². The summed E-state index contributed by atoms with van der Waals surface area (Å²) in [5, 5.41) is 4.15. The van der Waals surface area contributed by atoms with Crippen molar-refractivity contribution in [2.45, 2.75) is 16.3 Å². The molecule has 106 valence electrons. The van der Waals surface area contributed by atoms with E-state index in [2.05, 4.69) is 29.6 Å². The standard InChI is InChI=1S/C16H18ClNOS/c1-19-11-10-18-12-13-4-2-3-5-16(13)20-15-8-6-14(17)7-9-15/h2-9,18H,10-12H2,1H3. The normalized spacial score (nSPS) is 10.7. The molecule has 0 spiro atoms. The summed E-state index contributed by atoms with van der Waals surface area (Å²) in [6.07, 6.45) is 0. The Morgan fingerprint density at radius 3 is 2.60 bits per heavy atom. The second kappa shape index (κ2) is 8.32. The Balaban J connectivity index is 2.01. The van der Waals surface area contributed by atoms with Crippen LogP contribution in [0.2, 0.25) is 5.02 Å². The number of nitrogens with one attached hydrogen (secondary N) is 1. The van der Waals surface area contributed by atoms with Crippen LogP contribution in [0.25, 0.3) is 0 Å². The monoisotopic (exact) mass is 307 g/mol. The van der Waals surface area contributed by atoms with Gasteiger partial charge in [0.2, 0.25) is 0 Å². The van der Waals surface area contributed by atoms with Gasteiger partial charge in [-0.2, -0.15) is 0 Å². The van der Waals surface area contributed by atoms with E-state index in [1.807, 2.05) is 24.3 Å². The minimum atomic E-state index is 0.729. The van der Waals surface area contributed by atoms with Gasteiger partial charge in [0.25, 0.3) is 0 Å². The lowest BCUT2D eigenvalue weighted by molar-refractivity contribution is 0.199. The van der Waals surface area contributed by atoms with Gasteiger partial charge in [-0.05, 0) is 35.9 Å². The predicted octanol–water partition coefficient (Wildman–Crippen LogP) is 4.23. The lowest BCUT2D eigenvalue weighted by Crippen LogP contribution is -2.18. The number of rotatable bonds is 7. The molecule has 0 radical (unpaired) electrons. The molecule has 2 rings (SSSR count). The van der Waals surface area contributed by atoms with Gasteiger partial charge in [-0.15, -0.1) is 0 Å². The first-order chi connectivity index (χ1) is 9.79. The van der Waals surface area contributed by atoms with E-state index in [0.717, 1.165) is 24.7 Å². The summed E-state index contributed by atoms with van der Waals surface area (Å²) in [6, 6.07) is 16.4. The van der Waals surface area contributed by atoms with Crippen LogP contribution in [0.1, 0.15) is 5.56 Å². The molecule has 0 amide bonds. The zero-order valence-corrected chi connectivity index (χ0v) is 13.0. The van der Waals surface area contributed by atoms with Crippen LogP contribution in [0.4, 0.5) is 0 Å². The van der Waals surface area contributed by atoms with Gasteiger partial charge < -0.3 is 10.1 Å². The summed E-state index contributed by atoms with van der Waals surface area (Å²) in [7, 11) is 1.71. The molecule has 0 aliphatic heterocycles. The number of ether oxygens (including phenoxy) is 1. The fraction of sp³-hybridized carbons (Fsp3) is 0.250. The van der Waals surface area contributed by atoms with Crippen LogP contribution in [-0.4, -0.2) is 20.3 Å². The van der Waals surface area contributed by atoms with Crippen LogP contribution >= 0.6 is 23.4 Å². The lowest BCUT2D eigenvalue weighted by Gasteiger charge is -2.10. The molecule has 2 nitrogen and oxygen atoms in total. The highest BCUT2D eigenvalue weighted by Gasteiger charge is 2.03. The van der Waals surface area contributed by atoms with Crippen molar-refractivity contribution in [2.24, 2.45) is 0 Å². The Bertz CT molecular complexity index is 530. The molecular formula is C16H18ClNOS. The second-order valence-electron chi connectivity index (χ2n) is 4.33. The van der Waals surface area contributed by atoms with E-state index in [0.29, 0.717) is 0 Å². The maximum atomic E-state index is 5.91. The summed E-state index contributed by atoms with van der Waals surface area (Å²) in [6.45, 7) is 2.43. The molecule has 1 N–H and O–H groups in total. The molecule has 0 fully saturated rings. The van der Waals surface area contributed by atoms with Gasteiger partial charge in [-0.25, -0.2) is 0 Å². The molecule has 0 atom stereocenters. The van der Waals surface area contributed by atoms with Crippen molar-refractivity contribution in [3.63, 3.8) is 0 Å². The molecule has 0 bridgehead atoms. The average molecular weight is 308 g/mol. The molecule has 0 unspecified atom stereocenters. The van der Waals surface area contributed by atoms with Crippen LogP contribution < -0.4 is 5.32 Å². The van der Waals surface area contributed by atoms with Crippen LogP contribution in [0.15, 0.2) is 58.3 Å². The summed E-state index contributed by atoms with van der Waals surface area (Å²) < 4.78 is 5.04. The van der Waals surface area contributed by atoms with Gasteiger partial charge in [-0.3, -0.25) is 0 Å². The van der Waals surface area contributed by atoms with E-state index in [9.17, 15) is 0 Å². The van der Waals surface area contributed by atoms with Crippen molar-refractivity contribution in [2.75, 3.05) is 20.3 Å². The second-order valence-corrected chi connectivity index (χ2v) is 5.89. The third-order valence-electron chi connectivity index (χ3n) is 2.81. The van der Waals surface area contributed by atoms with Crippen molar-refractivity contribution >= 4 is 23.4 Å². The van der Waals surface area contributed by atoms with Crippen molar-refractivity contribution in [3.8, 4) is 0 Å². The van der Waals surface area contributed by atoms with E-state index in [1.54, 1.807) is 18.9 Å². The minimum absolute atomic E-state index is 0.729. The van der Waals surface area contributed by atoms with Crippen molar-refractivity contribution in [1.82, 2.24) is 5.32 Å². The number of hydrogen-bond donors (Lipinski definition) is 1. The molecule has 2 aromatic rings. The van der Waals surface area contributed by atoms with Crippen LogP contribution in [0.3, 0.4) is 0 Å². The number of methoxy groups -OCH3 is 1. The Morgan fingerprint density at radius 1 is 1.10 bits per heavy atom. The zero-order valence-electron chi connectivity index (χ0n) is 11.4. The summed E-state index contributed by atoms with van der Waals surface area (Å²) in [5.74, 6) is 0. The number of benzene rings is 2. The Labute approximate surface area is 129 Å². The van der Waals surface area contributed by atoms with E-state index in [4.69, 9.17) is 16.3 Å². The van der Waals surface area contributed by atoms with Crippen molar-refractivity contribution in [3.05, 3.63) is 59.1 Å². The van der Waals surface area contributed by atoms with Crippen LogP contribution in [-0.2, 0) is 11.3 Å². The van der Waals surface area contributed by atoms with Crippen molar-refractivity contribution < 1.29 is 4.74 Å². The van der Waals surface area contributed by atoms with Gasteiger partial charge in [0.15, 0.2) is 0 Å². The minimum Gasteiger partial charge on any atom is -0.383 e. The summed E-state index contributed by atoms with van der Waals surface area (Å²) >= 11 is 7.67. The molecule has 0 heterocycles. The molecule has 0 aliphatic carbocycles. The maximum Gasteiger partial charge on any atom is 0.0587 e. The maximum absolute atomic E-state index is 5.91. The first kappa shape index (κ1) is 15.4. The first-order valence-electron chi connectivity index (χ1n) is 6.50. The fourth-order valence-electron chi connectivity index (χ4n) is 1.78. The average Bonchev–Trinajstić information content (AvgIpc) is 2.47. The zero-order chi connectivity index (χ0) is 14.2. The van der Waals surface area contributed by atoms with Gasteiger partial charge in [0, 0.05) is 35.0 Å². The topological polar surface area (TPSA) is 21.3 Å². The Morgan fingerprint density at radius 2 is 1.85 bits per heavy atom. The highest BCUT2D eigenvalue weighted by Crippen LogP contribution is 2.31. The number of halogens is 1. The van der Waals surface area contributed by atoms with Gasteiger partial charge in [0.1, 0.15) is 0 Å². The van der Waals surface area contributed by atoms with E-state index < -0.39 is 0 Å². The first-order valence-corrected chi connectivity index (χ1v) is 7.70. The SMILES string of the molecule is COCCNCc1ccccc1Sc1ccc(Cl)cc1. The molecule has 0 aromatic heterocycles. The van der Waals surface area contributed by atoms with Crippen molar-refractivity contribution in [1.29, 1.82) is 0 Å². The third kappa shape index (κ3) is 4.84. The van der Waals surface area contributed by atoms with E-state index in [1.165, 1.54) is 15.4 Å². The molecule has 2 aromatic carbocycles. The molecule has 4 heteroatoms. The van der Waals surface area contributed by atoms with Gasteiger partial charge in [-0.1, -0.05) is 41.6 Å². The number of hydrogen-bond acceptors (Lipinski definition) is 3. The molecular weight excluding hydrogens is 290 g/mol. The highest BCUT2D eigenvalue weighted by atomic mass is 35.5. The third-order valence-corrected chi connectivity index (χ3v) is 4.19. The van der Waals surface area contributed by atoms with Crippen LogP contribution in [0.5, 0.6) is 0 Å². The fourth-order valence-corrected chi connectivity index (χ4v) is 2.85. The van der Waals surface area contributed by atoms with E-state index in [-0.39, 0.29) is 0 Å². The summed E-state index contributed by atoms with van der Waals surface area (Å²) in [5.41, 5.74) is 1.29. The Kier molecular flexibility index (Phi) is 6.40. The quantitative estimate of drug-likeness (QED) is 0.774.